The Balaban J connectivity index is 1.58. The molecule has 1 aromatic carbocycles. The van der Waals surface area contributed by atoms with Crippen LogP contribution in [0.4, 0.5) is 0 Å². The first kappa shape index (κ1) is 18.9. The zero-order chi connectivity index (χ0) is 17.9. The molecular weight excluding hydrogens is 378 g/mol. The van der Waals surface area contributed by atoms with Gasteiger partial charge in [-0.1, -0.05) is 43.0 Å². The van der Waals surface area contributed by atoms with E-state index in [-0.39, 0.29) is 9.92 Å². The molecule has 0 radical (unpaired) electrons. The lowest BCUT2D eigenvalue weighted by Crippen LogP contribution is -2.54. The minimum Gasteiger partial charge on any atom is -0.360 e. The van der Waals surface area contributed by atoms with Crippen molar-refractivity contribution >= 4 is 39.0 Å². The van der Waals surface area contributed by atoms with E-state index in [0.29, 0.717) is 32.2 Å². The van der Waals surface area contributed by atoms with Crippen molar-refractivity contribution in [2.24, 2.45) is 0 Å². The van der Waals surface area contributed by atoms with Crippen molar-refractivity contribution in [3.8, 4) is 0 Å². The summed E-state index contributed by atoms with van der Waals surface area (Å²) in [5, 5.41) is 4.47. The Hall–Kier alpha value is -0.890. The first-order valence-corrected chi connectivity index (χ1v) is 11.0. The van der Waals surface area contributed by atoms with Gasteiger partial charge in [-0.2, -0.15) is 4.31 Å². The smallest absolute Gasteiger partial charge is 0.244 e. The van der Waals surface area contributed by atoms with Gasteiger partial charge in [-0.15, -0.1) is 0 Å². The van der Waals surface area contributed by atoms with Crippen LogP contribution in [-0.2, 0) is 10.0 Å². The second-order valence-electron chi connectivity index (χ2n) is 6.61. The van der Waals surface area contributed by atoms with Gasteiger partial charge >= 0.3 is 0 Å². The van der Waals surface area contributed by atoms with E-state index in [1.165, 1.54) is 36.4 Å². The Morgan fingerprint density at radius 1 is 1.08 bits per heavy atom. The molecule has 1 N–H and O–H groups in total. The summed E-state index contributed by atoms with van der Waals surface area (Å²) in [6.45, 7) is 2.03. The molecule has 1 saturated heterocycles. The molecule has 0 aromatic heterocycles. The van der Waals surface area contributed by atoms with Crippen LogP contribution in [-0.4, -0.2) is 55.0 Å². The van der Waals surface area contributed by atoms with Gasteiger partial charge in [0.1, 0.15) is 4.90 Å². The lowest BCUT2D eigenvalue weighted by atomic mass is 9.96. The first-order valence-electron chi connectivity index (χ1n) is 8.78. The van der Waals surface area contributed by atoms with Gasteiger partial charge in [-0.25, -0.2) is 8.42 Å². The fraction of sp³-hybridized carbons (Fsp3) is 0.588. The molecule has 0 spiro atoms. The SMILES string of the molecule is O=S(=O)(c1ccccc1Cl)N1CCN(C(=S)NC2CCCCC2)CC1. The zero-order valence-corrected chi connectivity index (χ0v) is 16.5. The van der Waals surface area contributed by atoms with E-state index in [2.05, 4.69) is 10.2 Å². The van der Waals surface area contributed by atoms with Gasteiger partial charge in [0.15, 0.2) is 5.11 Å². The third kappa shape index (κ3) is 4.45. The summed E-state index contributed by atoms with van der Waals surface area (Å²) in [5.41, 5.74) is 0. The van der Waals surface area contributed by atoms with Gasteiger partial charge in [0, 0.05) is 32.2 Å². The normalized spacial score (nSPS) is 20.4. The largest absolute Gasteiger partial charge is 0.360 e. The Bertz CT molecular complexity index is 712. The molecule has 8 heteroatoms. The molecule has 1 aliphatic carbocycles. The van der Waals surface area contributed by atoms with Crippen LogP contribution in [0.5, 0.6) is 0 Å². The van der Waals surface area contributed by atoms with Crippen LogP contribution in [0.2, 0.25) is 5.02 Å². The van der Waals surface area contributed by atoms with E-state index in [1.54, 1.807) is 24.3 Å². The third-order valence-corrected chi connectivity index (χ3v) is 7.69. The highest BCUT2D eigenvalue weighted by Gasteiger charge is 2.31. The van der Waals surface area contributed by atoms with Crippen molar-refractivity contribution in [1.29, 1.82) is 0 Å². The predicted molar refractivity (Wildman–Crippen MR) is 104 cm³/mol. The topological polar surface area (TPSA) is 52.7 Å². The third-order valence-electron chi connectivity index (χ3n) is 4.91. The minimum absolute atomic E-state index is 0.174. The molecular formula is C17H24ClN3O2S2. The van der Waals surface area contributed by atoms with Crippen molar-refractivity contribution in [3.63, 3.8) is 0 Å². The highest BCUT2D eigenvalue weighted by molar-refractivity contribution is 7.89. The molecule has 2 fully saturated rings. The van der Waals surface area contributed by atoms with Crippen molar-refractivity contribution in [2.75, 3.05) is 26.2 Å². The van der Waals surface area contributed by atoms with Crippen LogP contribution in [0.15, 0.2) is 29.2 Å². The van der Waals surface area contributed by atoms with E-state index in [0.717, 1.165) is 5.11 Å². The fourth-order valence-electron chi connectivity index (χ4n) is 3.44. The van der Waals surface area contributed by atoms with E-state index in [9.17, 15) is 8.42 Å². The molecule has 0 unspecified atom stereocenters. The van der Waals surface area contributed by atoms with Gasteiger partial charge in [0.2, 0.25) is 10.0 Å². The monoisotopic (exact) mass is 401 g/mol. The van der Waals surface area contributed by atoms with Crippen LogP contribution < -0.4 is 5.32 Å². The highest BCUT2D eigenvalue weighted by Crippen LogP contribution is 2.25. The second-order valence-corrected chi connectivity index (χ2v) is 9.31. The molecule has 138 valence electrons. The quantitative estimate of drug-likeness (QED) is 0.789. The first-order chi connectivity index (χ1) is 12.0. The summed E-state index contributed by atoms with van der Waals surface area (Å²) >= 11 is 11.6. The molecule has 0 bridgehead atoms. The van der Waals surface area contributed by atoms with Crippen molar-refractivity contribution < 1.29 is 8.42 Å². The Labute approximate surface area is 160 Å². The zero-order valence-electron chi connectivity index (χ0n) is 14.2. The lowest BCUT2D eigenvalue weighted by molar-refractivity contribution is 0.259. The number of hydrogen-bond donors (Lipinski definition) is 1. The summed E-state index contributed by atoms with van der Waals surface area (Å²) in [5.74, 6) is 0. The number of thiocarbonyl (C=S) groups is 1. The van der Waals surface area contributed by atoms with Gasteiger partial charge in [-0.3, -0.25) is 0 Å². The van der Waals surface area contributed by atoms with Crippen LogP contribution in [0.25, 0.3) is 0 Å². The fourth-order valence-corrected chi connectivity index (χ4v) is 5.70. The van der Waals surface area contributed by atoms with Crippen LogP contribution in [0.3, 0.4) is 0 Å². The predicted octanol–water partition coefficient (Wildman–Crippen LogP) is 2.85. The Morgan fingerprint density at radius 3 is 2.36 bits per heavy atom. The molecule has 1 heterocycles. The van der Waals surface area contributed by atoms with E-state index < -0.39 is 10.0 Å². The number of halogens is 1. The molecule has 2 aliphatic rings. The van der Waals surface area contributed by atoms with Crippen LogP contribution in [0.1, 0.15) is 32.1 Å². The molecule has 1 saturated carbocycles. The minimum atomic E-state index is -3.56. The maximum absolute atomic E-state index is 12.8. The number of nitrogens with zero attached hydrogens (tertiary/aromatic N) is 2. The van der Waals surface area contributed by atoms with Crippen molar-refractivity contribution in [1.82, 2.24) is 14.5 Å². The van der Waals surface area contributed by atoms with Gasteiger partial charge < -0.3 is 10.2 Å². The number of rotatable bonds is 3. The maximum atomic E-state index is 12.8. The van der Waals surface area contributed by atoms with Crippen LogP contribution in [0, 0.1) is 0 Å². The number of sulfonamides is 1. The summed E-state index contributed by atoms with van der Waals surface area (Å²) in [6, 6.07) is 7.05. The van der Waals surface area contributed by atoms with E-state index in [1.807, 2.05) is 0 Å². The number of hydrogen-bond acceptors (Lipinski definition) is 3. The molecule has 0 amide bonds. The van der Waals surface area contributed by atoms with Crippen LogP contribution >= 0.6 is 23.8 Å². The molecule has 25 heavy (non-hydrogen) atoms. The molecule has 1 aliphatic heterocycles. The molecule has 0 atom stereocenters. The van der Waals surface area contributed by atoms with Gasteiger partial charge in [0.25, 0.3) is 0 Å². The highest BCUT2D eigenvalue weighted by atomic mass is 35.5. The summed E-state index contributed by atoms with van der Waals surface area (Å²) in [7, 11) is -3.56. The second kappa shape index (κ2) is 8.20. The average Bonchev–Trinajstić information content (AvgIpc) is 2.63. The molecule has 3 rings (SSSR count). The van der Waals surface area contributed by atoms with Crippen molar-refractivity contribution in [2.45, 2.75) is 43.0 Å². The van der Waals surface area contributed by atoms with E-state index >= 15 is 0 Å². The van der Waals surface area contributed by atoms with Gasteiger partial charge in [0.05, 0.1) is 5.02 Å². The standard InChI is InChI=1S/C17H24ClN3O2S2/c18-15-8-4-5-9-16(15)25(22,23)21-12-10-20(11-13-21)17(24)19-14-6-2-1-3-7-14/h4-5,8-9,14H,1-3,6-7,10-13H2,(H,19,24). The van der Waals surface area contributed by atoms with Crippen molar-refractivity contribution in [3.05, 3.63) is 29.3 Å². The van der Waals surface area contributed by atoms with Gasteiger partial charge in [-0.05, 0) is 37.2 Å². The Morgan fingerprint density at radius 2 is 1.72 bits per heavy atom. The average molecular weight is 402 g/mol. The summed E-state index contributed by atoms with van der Waals surface area (Å²) in [6.07, 6.45) is 6.15. The summed E-state index contributed by atoms with van der Waals surface area (Å²) < 4.78 is 27.0. The summed E-state index contributed by atoms with van der Waals surface area (Å²) in [4.78, 5) is 2.25. The maximum Gasteiger partial charge on any atom is 0.244 e. The number of piperazine rings is 1. The molecule has 5 nitrogen and oxygen atoms in total. The Kier molecular flexibility index (Phi) is 6.20. The lowest BCUT2D eigenvalue weighted by Gasteiger charge is -2.37. The molecule has 1 aromatic rings. The number of benzene rings is 1. The van der Waals surface area contributed by atoms with E-state index in [4.69, 9.17) is 23.8 Å². The number of nitrogens with one attached hydrogen (secondary N) is 1.